The van der Waals surface area contributed by atoms with Crippen LogP contribution in [0.15, 0.2) is 134 Å². The van der Waals surface area contributed by atoms with Crippen LogP contribution in [0.1, 0.15) is 174 Å². The summed E-state index contributed by atoms with van der Waals surface area (Å²) in [6.45, 7) is 3.49. The van der Waals surface area contributed by atoms with Gasteiger partial charge in [0, 0.05) is 19.4 Å². The normalized spacial score (nSPS) is 14.3. The van der Waals surface area contributed by atoms with E-state index in [-0.39, 0.29) is 32.6 Å². The summed E-state index contributed by atoms with van der Waals surface area (Å²) < 4.78 is 32.8. The van der Waals surface area contributed by atoms with Crippen molar-refractivity contribution in [1.82, 2.24) is 0 Å². The second-order valence-electron chi connectivity index (χ2n) is 15.9. The van der Waals surface area contributed by atoms with Crippen molar-refractivity contribution in [2.24, 2.45) is 5.73 Å². The molecule has 0 aromatic heterocycles. The third-order valence-corrected chi connectivity index (χ3v) is 10.8. The minimum atomic E-state index is -4.41. The highest BCUT2D eigenvalue weighted by atomic mass is 31.2. The van der Waals surface area contributed by atoms with Gasteiger partial charge in [-0.15, -0.1) is 0 Å². The molecule has 9 nitrogen and oxygen atoms in total. The van der Waals surface area contributed by atoms with Crippen LogP contribution in [0.4, 0.5) is 0 Å². The number of rotatable bonds is 45. The highest BCUT2D eigenvalue weighted by Gasteiger charge is 2.26. The average molecular weight is 936 g/mol. The summed E-state index contributed by atoms with van der Waals surface area (Å²) in [5, 5.41) is 0. The Labute approximate surface area is 402 Å². The first-order valence-corrected chi connectivity index (χ1v) is 26.7. The summed E-state index contributed by atoms with van der Waals surface area (Å²) in [4.78, 5) is 35.0. The van der Waals surface area contributed by atoms with Gasteiger partial charge in [-0.2, -0.15) is 0 Å². The number of hydrogen-bond donors (Lipinski definition) is 2. The van der Waals surface area contributed by atoms with Crippen LogP contribution in [-0.4, -0.2) is 49.3 Å². The predicted molar refractivity (Wildman–Crippen MR) is 279 cm³/mol. The van der Waals surface area contributed by atoms with Gasteiger partial charge in [-0.25, -0.2) is 4.57 Å². The Bertz CT molecular complexity index is 1530. The molecule has 0 aromatic rings. The molecule has 0 radical (unpaired) electrons. The number of phosphoric acid groups is 1. The number of ether oxygens (including phenoxy) is 2. The molecule has 0 spiro atoms. The second-order valence-corrected chi connectivity index (χ2v) is 17.4. The van der Waals surface area contributed by atoms with Crippen LogP contribution in [0, 0.1) is 0 Å². The number of unbranched alkanes of at least 4 members (excludes halogenated alkanes) is 10. The molecule has 0 bridgehead atoms. The largest absolute Gasteiger partial charge is 0.472 e. The van der Waals surface area contributed by atoms with E-state index in [9.17, 15) is 19.0 Å². The van der Waals surface area contributed by atoms with Crippen molar-refractivity contribution in [2.45, 2.75) is 180 Å². The summed E-state index contributed by atoms with van der Waals surface area (Å²) in [5.41, 5.74) is 5.36. The van der Waals surface area contributed by atoms with Gasteiger partial charge in [0.1, 0.15) is 6.61 Å². The van der Waals surface area contributed by atoms with Gasteiger partial charge < -0.3 is 20.1 Å². The Kier molecular flexibility index (Phi) is 47.6. The van der Waals surface area contributed by atoms with E-state index >= 15 is 0 Å². The number of phosphoric ester groups is 1. The van der Waals surface area contributed by atoms with Crippen LogP contribution in [0.2, 0.25) is 0 Å². The fourth-order valence-electron chi connectivity index (χ4n) is 6.08. The third-order valence-electron chi connectivity index (χ3n) is 9.77. The van der Waals surface area contributed by atoms with E-state index in [0.717, 1.165) is 96.3 Å². The van der Waals surface area contributed by atoms with Crippen molar-refractivity contribution in [3.63, 3.8) is 0 Å². The van der Waals surface area contributed by atoms with Crippen molar-refractivity contribution in [1.29, 1.82) is 0 Å². The fourth-order valence-corrected chi connectivity index (χ4v) is 6.84. The molecule has 2 unspecified atom stereocenters. The van der Waals surface area contributed by atoms with E-state index < -0.39 is 32.5 Å². The summed E-state index contributed by atoms with van der Waals surface area (Å²) >= 11 is 0. The van der Waals surface area contributed by atoms with E-state index in [1.807, 2.05) is 6.08 Å². The quantitative estimate of drug-likeness (QED) is 0.0265. The molecule has 3 N–H and O–H groups in total. The van der Waals surface area contributed by atoms with Crippen molar-refractivity contribution in [3.05, 3.63) is 134 Å². The number of allylic oxidation sites excluding steroid dienone is 22. The lowest BCUT2D eigenvalue weighted by atomic mass is 10.1. The van der Waals surface area contributed by atoms with Gasteiger partial charge in [-0.3, -0.25) is 18.6 Å². The molecule has 0 aliphatic heterocycles. The van der Waals surface area contributed by atoms with Crippen molar-refractivity contribution >= 4 is 19.8 Å². The zero-order valence-electron chi connectivity index (χ0n) is 41.1. The maximum Gasteiger partial charge on any atom is 0.472 e. The first-order valence-electron chi connectivity index (χ1n) is 25.2. The van der Waals surface area contributed by atoms with Crippen LogP contribution < -0.4 is 5.73 Å². The summed E-state index contributed by atoms with van der Waals surface area (Å²) in [6, 6.07) is 0. The predicted octanol–water partition coefficient (Wildman–Crippen LogP) is 15.4. The number of nitrogens with two attached hydrogens (primary N) is 1. The van der Waals surface area contributed by atoms with Gasteiger partial charge in [-0.05, 0) is 109 Å². The highest BCUT2D eigenvalue weighted by molar-refractivity contribution is 7.47. The minimum absolute atomic E-state index is 0.0343. The third kappa shape index (κ3) is 49.6. The number of carbonyl (C=O) groups excluding carboxylic acids is 2. The van der Waals surface area contributed by atoms with Gasteiger partial charge >= 0.3 is 19.8 Å². The lowest BCUT2D eigenvalue weighted by Crippen LogP contribution is -2.29. The van der Waals surface area contributed by atoms with Gasteiger partial charge in [0.05, 0.1) is 13.2 Å². The lowest BCUT2D eigenvalue weighted by Gasteiger charge is -2.19. The number of hydrogen-bond acceptors (Lipinski definition) is 8. The Balaban J connectivity index is 4.24. The molecule has 0 aliphatic rings. The van der Waals surface area contributed by atoms with Crippen LogP contribution in [-0.2, 0) is 32.7 Å². The van der Waals surface area contributed by atoms with E-state index in [2.05, 4.69) is 141 Å². The molecule has 0 amide bonds. The molecule has 10 heteroatoms. The highest BCUT2D eigenvalue weighted by Crippen LogP contribution is 2.43. The number of esters is 2. The van der Waals surface area contributed by atoms with Crippen molar-refractivity contribution < 1.29 is 37.6 Å². The van der Waals surface area contributed by atoms with E-state index in [0.29, 0.717) is 19.3 Å². The van der Waals surface area contributed by atoms with E-state index in [4.69, 9.17) is 24.3 Å². The monoisotopic (exact) mass is 936 g/mol. The summed E-state index contributed by atoms with van der Waals surface area (Å²) in [5.74, 6) is -0.927. The topological polar surface area (TPSA) is 134 Å². The second kappa shape index (κ2) is 50.6. The molecule has 2 atom stereocenters. The zero-order valence-corrected chi connectivity index (χ0v) is 42.0. The van der Waals surface area contributed by atoms with Crippen molar-refractivity contribution in [3.8, 4) is 0 Å². The molecule has 0 fully saturated rings. The molecule has 0 saturated carbocycles. The van der Waals surface area contributed by atoms with Gasteiger partial charge in [0.25, 0.3) is 0 Å². The van der Waals surface area contributed by atoms with E-state index in [1.54, 1.807) is 0 Å². The first kappa shape index (κ1) is 62.1. The van der Waals surface area contributed by atoms with Gasteiger partial charge in [0.2, 0.25) is 0 Å². The zero-order chi connectivity index (χ0) is 48.1. The molecule has 0 heterocycles. The summed E-state index contributed by atoms with van der Waals surface area (Å²) in [7, 11) is -4.41. The summed E-state index contributed by atoms with van der Waals surface area (Å²) in [6.07, 6.45) is 70.7. The molecular formula is C56H90NO8P. The minimum Gasteiger partial charge on any atom is -0.462 e. The smallest absolute Gasteiger partial charge is 0.462 e. The van der Waals surface area contributed by atoms with Crippen LogP contribution in [0.3, 0.4) is 0 Å². The molecule has 0 aromatic carbocycles. The average Bonchev–Trinajstić information content (AvgIpc) is 3.31. The molecule has 0 saturated heterocycles. The maximum atomic E-state index is 12.6. The lowest BCUT2D eigenvalue weighted by molar-refractivity contribution is -0.161. The van der Waals surface area contributed by atoms with Crippen LogP contribution in [0.25, 0.3) is 0 Å². The molecule has 372 valence electrons. The van der Waals surface area contributed by atoms with E-state index in [1.165, 1.54) is 32.1 Å². The van der Waals surface area contributed by atoms with Gasteiger partial charge in [0.15, 0.2) is 6.10 Å². The first-order chi connectivity index (χ1) is 32.3. The number of carbonyl (C=O) groups is 2. The standard InChI is InChI=1S/C56H90NO8P/c1-3-5-7-9-11-13-15-17-19-21-22-23-24-25-26-27-28-29-30-31-32-33-35-37-39-41-43-45-47-49-56(59)65-54(53-64-66(60,61)63-51-50-57)52-62-55(58)48-46-44-42-40-38-36-34-20-18-16-14-12-10-8-6-4-2/h5,7,11,13-14,16-17,19-20,22-23,25-26,28-29,31-32,34-35,37,41,43,54H,3-4,6,8-10,12,15,18,21,24,27,30,33,36,38-40,42,44-53,57H2,1-2H3,(H,60,61)/b7-5-,13-11-,16-14-,19-17-,23-22-,26-25-,29-28-,32-31-,34-20-,37-35-,43-41-. The van der Waals surface area contributed by atoms with Gasteiger partial charge in [-0.1, -0.05) is 186 Å². The SMILES string of the molecule is CC/C=C\C/C=C\C/C=C\C/C=C\C/C=C\C/C=C\C/C=C\C/C=C\C/C=C\CCCC(=O)OC(COC(=O)CCCCCCC/C=C\C/C=C\CCCCCC)COP(=O)(O)OCCN. The molecular weight excluding hydrogens is 846 g/mol. The Hall–Kier alpha value is -3.85. The molecule has 0 aliphatic carbocycles. The Morgan fingerprint density at radius 1 is 0.470 bits per heavy atom. The van der Waals surface area contributed by atoms with Crippen LogP contribution in [0.5, 0.6) is 0 Å². The maximum absolute atomic E-state index is 12.6. The fraction of sp³-hybridized carbons (Fsp3) is 0.571. The van der Waals surface area contributed by atoms with Crippen LogP contribution >= 0.6 is 7.82 Å². The Morgan fingerprint density at radius 3 is 1.29 bits per heavy atom. The molecule has 66 heavy (non-hydrogen) atoms. The Morgan fingerprint density at radius 2 is 0.848 bits per heavy atom. The van der Waals surface area contributed by atoms with Crippen molar-refractivity contribution in [2.75, 3.05) is 26.4 Å². The molecule has 0 rings (SSSR count).